The van der Waals surface area contributed by atoms with E-state index in [-0.39, 0.29) is 30.9 Å². The number of alkyl halides is 1. The van der Waals surface area contributed by atoms with E-state index in [1.807, 2.05) is 52.0 Å². The number of amides is 4. The van der Waals surface area contributed by atoms with Gasteiger partial charge in [0.15, 0.2) is 0 Å². The summed E-state index contributed by atoms with van der Waals surface area (Å²) < 4.78 is 40.3. The van der Waals surface area contributed by atoms with E-state index in [0.717, 1.165) is 41.7 Å². The summed E-state index contributed by atoms with van der Waals surface area (Å²) in [5.41, 5.74) is 1.53. The molecule has 3 aromatic rings. The fourth-order valence-electron chi connectivity index (χ4n) is 6.67. The lowest BCUT2D eigenvalue weighted by molar-refractivity contribution is -0.138. The molecule has 2 aromatic carbocycles. The number of hydrogen-bond acceptors (Lipinski definition) is 7. The second-order valence-corrected chi connectivity index (χ2v) is 15.1. The molecule has 11 nitrogen and oxygen atoms in total. The standard InChI is InChI=1S/C40H47F2N5O6/c1-24(32-20-30(14-11-26(32)10-9-25-7-8-25)52-31-6-5-17-46(23-31)39(51)53-40(2,3)4)44-38(50)35-19-29(42)22-47(35)36(48)21-43-37(49)34-15-12-27-18-28(41)13-16-33(27)45-34/h9-16,18,20,24-25,29,31,35H,5-8,17,19,21-23H2,1-4H3,(H,43,49)(H,44,50)/b10-9+/t24-,29+,31-,35-/m0/s1. The van der Waals surface area contributed by atoms with Crippen LogP contribution in [0.1, 0.15) is 87.5 Å². The number of pyridine rings is 1. The van der Waals surface area contributed by atoms with Crippen molar-refractivity contribution in [3.63, 3.8) is 0 Å². The number of rotatable bonds is 10. The van der Waals surface area contributed by atoms with Crippen molar-refractivity contribution in [2.24, 2.45) is 5.92 Å². The van der Waals surface area contributed by atoms with E-state index in [4.69, 9.17) is 9.47 Å². The van der Waals surface area contributed by atoms with Gasteiger partial charge in [-0.1, -0.05) is 24.3 Å². The zero-order valence-electron chi connectivity index (χ0n) is 30.6. The fraction of sp³-hybridized carbons (Fsp3) is 0.475. The summed E-state index contributed by atoms with van der Waals surface area (Å²) in [6, 6.07) is 11.1. The first-order valence-electron chi connectivity index (χ1n) is 18.3. The predicted octanol–water partition coefficient (Wildman–Crippen LogP) is 6.12. The molecule has 4 atom stereocenters. The molecule has 4 amide bonds. The number of halogens is 2. The number of likely N-dealkylation sites (tertiary alicyclic amines) is 2. The largest absolute Gasteiger partial charge is 0.489 e. The molecule has 2 N–H and O–H groups in total. The Morgan fingerprint density at radius 1 is 1.04 bits per heavy atom. The SMILES string of the molecule is C[C@H](NC(=O)[C@@H]1C[C@@H](F)CN1C(=O)CNC(=O)c1ccc2cc(F)ccc2n1)c1cc(O[C@H]2CCCN(C(=O)OC(C)(C)C)C2)ccc1/C=C/C1CC1. The number of piperidine rings is 1. The Hall–Kier alpha value is -5.07. The number of carbonyl (C=O) groups excluding carboxylic acids is 4. The van der Waals surface area contributed by atoms with Gasteiger partial charge in [-0.3, -0.25) is 14.4 Å². The lowest BCUT2D eigenvalue weighted by Gasteiger charge is -2.34. The lowest BCUT2D eigenvalue weighted by Crippen LogP contribution is -2.49. The number of carbonyl (C=O) groups is 4. The lowest BCUT2D eigenvalue weighted by atomic mass is 9.99. The Balaban J connectivity index is 1.10. The molecule has 1 aliphatic carbocycles. The van der Waals surface area contributed by atoms with Gasteiger partial charge in [-0.15, -0.1) is 0 Å². The average molecular weight is 732 g/mol. The van der Waals surface area contributed by atoms with E-state index in [9.17, 15) is 28.0 Å². The normalized spacial score (nSPS) is 21.1. The van der Waals surface area contributed by atoms with Gasteiger partial charge in [0.25, 0.3) is 5.91 Å². The monoisotopic (exact) mass is 731 g/mol. The molecule has 3 aliphatic rings. The van der Waals surface area contributed by atoms with Crippen molar-refractivity contribution >= 4 is 40.8 Å². The van der Waals surface area contributed by atoms with Crippen molar-refractivity contribution in [3.05, 3.63) is 77.2 Å². The van der Waals surface area contributed by atoms with Crippen molar-refractivity contribution in [1.82, 2.24) is 25.4 Å². The minimum absolute atomic E-state index is 0.0337. The fourth-order valence-corrected chi connectivity index (χ4v) is 6.67. The molecule has 0 bridgehead atoms. The molecule has 13 heteroatoms. The van der Waals surface area contributed by atoms with Gasteiger partial charge in [0, 0.05) is 18.4 Å². The van der Waals surface area contributed by atoms with Crippen LogP contribution in [0.15, 0.2) is 54.6 Å². The highest BCUT2D eigenvalue weighted by atomic mass is 19.1. The molecule has 2 aliphatic heterocycles. The summed E-state index contributed by atoms with van der Waals surface area (Å²) in [5, 5.41) is 6.03. The molecule has 2 saturated heterocycles. The second kappa shape index (κ2) is 15.9. The Morgan fingerprint density at radius 2 is 1.83 bits per heavy atom. The van der Waals surface area contributed by atoms with Gasteiger partial charge in [-0.25, -0.2) is 18.6 Å². The minimum Gasteiger partial charge on any atom is -0.489 e. The van der Waals surface area contributed by atoms with Crippen LogP contribution in [-0.4, -0.2) is 88.7 Å². The maximum atomic E-state index is 14.8. The molecule has 282 valence electrons. The van der Waals surface area contributed by atoms with E-state index in [1.54, 1.807) is 11.0 Å². The van der Waals surface area contributed by atoms with Gasteiger partial charge in [0.1, 0.15) is 41.2 Å². The Bertz CT molecular complexity index is 1890. The summed E-state index contributed by atoms with van der Waals surface area (Å²) in [6.45, 7) is 7.56. The molecule has 3 heterocycles. The highest BCUT2D eigenvalue weighted by molar-refractivity contribution is 5.97. The van der Waals surface area contributed by atoms with Crippen LogP contribution < -0.4 is 15.4 Å². The topological polar surface area (TPSA) is 130 Å². The van der Waals surface area contributed by atoms with Crippen LogP contribution in [0.2, 0.25) is 0 Å². The van der Waals surface area contributed by atoms with Crippen LogP contribution >= 0.6 is 0 Å². The molecule has 1 saturated carbocycles. The summed E-state index contributed by atoms with van der Waals surface area (Å²) in [4.78, 5) is 59.6. The van der Waals surface area contributed by atoms with Crippen LogP contribution in [0, 0.1) is 11.7 Å². The maximum absolute atomic E-state index is 14.8. The molecule has 1 aromatic heterocycles. The van der Waals surface area contributed by atoms with E-state index in [0.29, 0.717) is 35.7 Å². The summed E-state index contributed by atoms with van der Waals surface area (Å²) >= 11 is 0. The zero-order valence-corrected chi connectivity index (χ0v) is 30.6. The van der Waals surface area contributed by atoms with Crippen molar-refractivity contribution in [2.75, 3.05) is 26.2 Å². The Morgan fingerprint density at radius 3 is 2.58 bits per heavy atom. The van der Waals surface area contributed by atoms with E-state index in [2.05, 4.69) is 21.7 Å². The van der Waals surface area contributed by atoms with Crippen LogP contribution in [0.25, 0.3) is 17.0 Å². The minimum atomic E-state index is -1.41. The first-order valence-corrected chi connectivity index (χ1v) is 18.3. The van der Waals surface area contributed by atoms with Crippen molar-refractivity contribution in [2.45, 2.75) is 89.8 Å². The number of fused-ring (bicyclic) bond motifs is 1. The first kappa shape index (κ1) is 37.7. The Labute approximate surface area is 308 Å². The quantitative estimate of drug-likeness (QED) is 0.257. The Kier molecular flexibility index (Phi) is 11.3. The number of ether oxygens (including phenoxy) is 2. The number of nitrogens with zero attached hydrogens (tertiary/aromatic N) is 3. The molecule has 0 spiro atoms. The smallest absolute Gasteiger partial charge is 0.410 e. The molecule has 0 unspecified atom stereocenters. The molecular weight excluding hydrogens is 684 g/mol. The van der Waals surface area contributed by atoms with E-state index < -0.39 is 53.9 Å². The highest BCUT2D eigenvalue weighted by Crippen LogP contribution is 2.33. The first-order chi connectivity index (χ1) is 25.2. The number of benzene rings is 2. The van der Waals surface area contributed by atoms with Crippen LogP contribution in [-0.2, 0) is 14.3 Å². The van der Waals surface area contributed by atoms with Gasteiger partial charge in [-0.2, -0.15) is 0 Å². The number of allylic oxidation sites excluding steroid dienone is 1. The summed E-state index contributed by atoms with van der Waals surface area (Å²) in [6.07, 6.45) is 5.78. The molecule has 6 rings (SSSR count). The third-order valence-electron chi connectivity index (χ3n) is 9.54. The number of hydrogen-bond donors (Lipinski definition) is 2. The third kappa shape index (κ3) is 9.88. The van der Waals surface area contributed by atoms with Crippen molar-refractivity contribution in [3.8, 4) is 5.75 Å². The van der Waals surface area contributed by atoms with Gasteiger partial charge < -0.3 is 29.9 Å². The van der Waals surface area contributed by atoms with Gasteiger partial charge in [0.2, 0.25) is 11.8 Å². The average Bonchev–Trinajstić information content (AvgIpc) is 3.86. The van der Waals surface area contributed by atoms with Crippen LogP contribution in [0.3, 0.4) is 0 Å². The molecule has 53 heavy (non-hydrogen) atoms. The maximum Gasteiger partial charge on any atom is 0.410 e. The number of aromatic nitrogens is 1. The summed E-state index contributed by atoms with van der Waals surface area (Å²) in [5.74, 6) is -1.06. The third-order valence-corrected chi connectivity index (χ3v) is 9.54. The van der Waals surface area contributed by atoms with E-state index in [1.165, 1.54) is 24.3 Å². The van der Waals surface area contributed by atoms with E-state index >= 15 is 0 Å². The zero-order chi connectivity index (χ0) is 37.9. The predicted molar refractivity (Wildman–Crippen MR) is 195 cm³/mol. The van der Waals surface area contributed by atoms with Gasteiger partial charge in [0.05, 0.1) is 31.2 Å². The number of nitrogens with one attached hydrogen (secondary N) is 2. The van der Waals surface area contributed by atoms with Gasteiger partial charge >= 0.3 is 6.09 Å². The molecular formula is C40H47F2N5O6. The molecule has 0 radical (unpaired) electrons. The van der Waals surface area contributed by atoms with Crippen LogP contribution in [0.4, 0.5) is 13.6 Å². The second-order valence-electron chi connectivity index (χ2n) is 15.1. The molecule has 3 fully saturated rings. The van der Waals surface area contributed by atoms with Gasteiger partial charge in [-0.05, 0) is 107 Å². The summed E-state index contributed by atoms with van der Waals surface area (Å²) in [7, 11) is 0. The van der Waals surface area contributed by atoms with Crippen molar-refractivity contribution in [1.29, 1.82) is 0 Å². The van der Waals surface area contributed by atoms with Crippen LogP contribution in [0.5, 0.6) is 5.75 Å². The van der Waals surface area contributed by atoms with Crippen molar-refractivity contribution < 1.29 is 37.4 Å². The highest BCUT2D eigenvalue weighted by Gasteiger charge is 2.40.